The Morgan fingerprint density at radius 1 is 1.03 bits per heavy atom. The number of anilines is 1. The van der Waals surface area contributed by atoms with E-state index in [1.54, 1.807) is 42.7 Å². The molecule has 35 heavy (non-hydrogen) atoms. The first-order valence-corrected chi connectivity index (χ1v) is 11.5. The molecule has 2 N–H and O–H groups in total. The van der Waals surface area contributed by atoms with Crippen LogP contribution in [0.3, 0.4) is 0 Å². The highest BCUT2D eigenvalue weighted by atomic mass is 19.1. The topological polar surface area (TPSA) is 89.0 Å². The summed E-state index contributed by atoms with van der Waals surface area (Å²) in [6, 6.07) is 18.2. The molecule has 2 aromatic heterocycles. The molecule has 4 aromatic rings. The zero-order valence-corrected chi connectivity index (χ0v) is 18.9. The summed E-state index contributed by atoms with van der Waals surface area (Å²) in [5, 5.41) is 6.21. The minimum absolute atomic E-state index is 0.236. The third-order valence-electron chi connectivity index (χ3n) is 5.78. The summed E-state index contributed by atoms with van der Waals surface area (Å²) in [7, 11) is 0. The Morgan fingerprint density at radius 2 is 1.89 bits per heavy atom. The molecule has 0 saturated carbocycles. The normalized spacial score (nSPS) is 15.4. The summed E-state index contributed by atoms with van der Waals surface area (Å²) in [4.78, 5) is 26.0. The second-order valence-corrected chi connectivity index (χ2v) is 8.33. The molecule has 0 radical (unpaired) electrons. The third-order valence-corrected chi connectivity index (χ3v) is 5.78. The van der Waals surface area contributed by atoms with E-state index in [0.717, 1.165) is 37.2 Å². The van der Waals surface area contributed by atoms with Crippen LogP contribution in [0.15, 0.2) is 79.1 Å². The van der Waals surface area contributed by atoms with E-state index in [0.29, 0.717) is 23.1 Å². The number of piperidine rings is 1. The Morgan fingerprint density at radius 3 is 2.69 bits per heavy atom. The lowest BCUT2D eigenvalue weighted by Crippen LogP contribution is -2.29. The Hall–Kier alpha value is -4.17. The van der Waals surface area contributed by atoms with Crippen molar-refractivity contribution >= 4 is 11.6 Å². The minimum Gasteiger partial charge on any atom is -0.439 e. The summed E-state index contributed by atoms with van der Waals surface area (Å²) in [5.41, 5.74) is 2.54. The number of ether oxygens (including phenoxy) is 1. The molecule has 176 valence electrons. The largest absolute Gasteiger partial charge is 0.439 e. The number of hydrogen-bond donors (Lipinski definition) is 2. The summed E-state index contributed by atoms with van der Waals surface area (Å²) in [5.74, 6) is 0.894. The molecule has 8 heteroatoms. The predicted molar refractivity (Wildman–Crippen MR) is 131 cm³/mol. The van der Waals surface area contributed by atoms with Gasteiger partial charge in [0.05, 0.1) is 5.69 Å². The highest BCUT2D eigenvalue weighted by molar-refractivity contribution is 6.04. The van der Waals surface area contributed by atoms with E-state index in [4.69, 9.17) is 9.72 Å². The monoisotopic (exact) mass is 469 g/mol. The molecule has 1 atom stereocenters. The van der Waals surface area contributed by atoms with Crippen LogP contribution in [-0.4, -0.2) is 33.9 Å². The fourth-order valence-corrected chi connectivity index (χ4v) is 4.03. The van der Waals surface area contributed by atoms with Crippen LogP contribution in [0.25, 0.3) is 11.4 Å². The van der Waals surface area contributed by atoms with Gasteiger partial charge in [-0.3, -0.25) is 9.78 Å². The first kappa shape index (κ1) is 22.6. The SMILES string of the molecule is O=C(Nc1cccc(Oc2cc([C@H]3CCCNC3)nc(-c3ccncc3)n2)c1)c1cccc(F)c1. The van der Waals surface area contributed by atoms with E-state index in [9.17, 15) is 9.18 Å². The molecular formula is C27H24FN5O2. The van der Waals surface area contributed by atoms with E-state index in [1.165, 1.54) is 18.2 Å². The molecule has 1 amide bonds. The van der Waals surface area contributed by atoms with Crippen molar-refractivity contribution in [1.82, 2.24) is 20.3 Å². The Labute approximate surface area is 202 Å². The van der Waals surface area contributed by atoms with Crippen LogP contribution >= 0.6 is 0 Å². The van der Waals surface area contributed by atoms with Gasteiger partial charge in [0.1, 0.15) is 11.6 Å². The number of benzene rings is 2. The Kier molecular flexibility index (Phi) is 6.72. The highest BCUT2D eigenvalue weighted by Gasteiger charge is 2.20. The van der Waals surface area contributed by atoms with Gasteiger partial charge in [-0.2, -0.15) is 4.98 Å². The van der Waals surface area contributed by atoms with Crippen LogP contribution in [0.5, 0.6) is 11.6 Å². The molecule has 1 fully saturated rings. The molecule has 2 aromatic carbocycles. The average molecular weight is 470 g/mol. The average Bonchev–Trinajstić information content (AvgIpc) is 2.90. The maximum absolute atomic E-state index is 13.5. The number of carbonyl (C=O) groups is 1. The van der Waals surface area contributed by atoms with Crippen molar-refractivity contribution in [2.75, 3.05) is 18.4 Å². The van der Waals surface area contributed by atoms with Gasteiger partial charge in [0, 0.05) is 53.8 Å². The summed E-state index contributed by atoms with van der Waals surface area (Å²) >= 11 is 0. The van der Waals surface area contributed by atoms with Crippen molar-refractivity contribution in [3.63, 3.8) is 0 Å². The quantitative estimate of drug-likeness (QED) is 0.404. The number of pyridine rings is 1. The highest BCUT2D eigenvalue weighted by Crippen LogP contribution is 2.30. The fourth-order valence-electron chi connectivity index (χ4n) is 4.03. The second-order valence-electron chi connectivity index (χ2n) is 8.33. The zero-order valence-electron chi connectivity index (χ0n) is 18.9. The number of halogens is 1. The number of aromatic nitrogens is 3. The van der Waals surface area contributed by atoms with E-state index < -0.39 is 11.7 Å². The predicted octanol–water partition coefficient (Wildman–Crippen LogP) is 5.19. The lowest BCUT2D eigenvalue weighted by Gasteiger charge is -2.23. The number of carbonyl (C=O) groups excluding carboxylic acids is 1. The van der Waals surface area contributed by atoms with E-state index >= 15 is 0 Å². The van der Waals surface area contributed by atoms with Gasteiger partial charge in [-0.25, -0.2) is 9.37 Å². The lowest BCUT2D eigenvalue weighted by atomic mass is 9.96. The van der Waals surface area contributed by atoms with Crippen LogP contribution in [0.1, 0.15) is 34.8 Å². The van der Waals surface area contributed by atoms with E-state index in [-0.39, 0.29) is 11.5 Å². The Bertz CT molecular complexity index is 1330. The maximum Gasteiger partial charge on any atom is 0.255 e. The van der Waals surface area contributed by atoms with Gasteiger partial charge in [0.2, 0.25) is 5.88 Å². The van der Waals surface area contributed by atoms with Gasteiger partial charge in [-0.1, -0.05) is 12.1 Å². The van der Waals surface area contributed by atoms with E-state index in [1.807, 2.05) is 18.2 Å². The number of nitrogens with zero attached hydrogens (tertiary/aromatic N) is 3. The van der Waals surface area contributed by atoms with Crippen LogP contribution in [0, 0.1) is 5.82 Å². The number of amides is 1. The van der Waals surface area contributed by atoms with Crippen LogP contribution in [-0.2, 0) is 0 Å². The minimum atomic E-state index is -0.465. The third kappa shape index (κ3) is 5.67. The van der Waals surface area contributed by atoms with Crippen molar-refractivity contribution in [1.29, 1.82) is 0 Å². The standard InChI is InChI=1S/C27H24FN5O2/c28-21-6-1-4-19(14-21)27(34)31-22-7-2-8-23(15-22)35-25-16-24(20-5-3-11-30-17-20)32-26(33-25)18-9-12-29-13-10-18/h1-2,4,6-10,12-16,20,30H,3,5,11,17H2,(H,31,34)/t20-/m0/s1. The molecule has 7 nitrogen and oxygen atoms in total. The molecule has 0 bridgehead atoms. The summed E-state index contributed by atoms with van der Waals surface area (Å²) < 4.78 is 19.6. The van der Waals surface area contributed by atoms with Gasteiger partial charge in [0.15, 0.2) is 5.82 Å². The molecule has 0 aliphatic carbocycles. The van der Waals surface area contributed by atoms with Gasteiger partial charge >= 0.3 is 0 Å². The van der Waals surface area contributed by atoms with Crippen LogP contribution in [0.2, 0.25) is 0 Å². The molecule has 1 aliphatic heterocycles. The lowest BCUT2D eigenvalue weighted by molar-refractivity contribution is 0.102. The smallest absolute Gasteiger partial charge is 0.255 e. The first-order valence-electron chi connectivity index (χ1n) is 11.5. The fraction of sp³-hybridized carbons (Fsp3) is 0.185. The molecule has 0 spiro atoms. The maximum atomic E-state index is 13.5. The summed E-state index contributed by atoms with van der Waals surface area (Å²) in [6.07, 6.45) is 5.54. The first-order chi connectivity index (χ1) is 17.1. The number of hydrogen-bond acceptors (Lipinski definition) is 6. The van der Waals surface area contributed by atoms with Crippen molar-refractivity contribution < 1.29 is 13.9 Å². The van der Waals surface area contributed by atoms with Crippen LogP contribution in [0.4, 0.5) is 10.1 Å². The molecule has 5 rings (SSSR count). The number of rotatable bonds is 6. The van der Waals surface area contributed by atoms with Gasteiger partial charge < -0.3 is 15.4 Å². The van der Waals surface area contributed by atoms with Gasteiger partial charge in [-0.15, -0.1) is 0 Å². The van der Waals surface area contributed by atoms with Crippen molar-refractivity contribution in [3.8, 4) is 23.0 Å². The zero-order chi connectivity index (χ0) is 24.0. The van der Waals surface area contributed by atoms with Crippen molar-refractivity contribution in [3.05, 3.63) is 96.2 Å². The number of nitrogens with one attached hydrogen (secondary N) is 2. The van der Waals surface area contributed by atoms with Gasteiger partial charge in [-0.05, 0) is 61.9 Å². The Balaban J connectivity index is 1.40. The second kappa shape index (κ2) is 10.4. The van der Waals surface area contributed by atoms with Crippen LogP contribution < -0.4 is 15.4 Å². The summed E-state index contributed by atoms with van der Waals surface area (Å²) in [6.45, 7) is 1.87. The van der Waals surface area contributed by atoms with Gasteiger partial charge in [0.25, 0.3) is 5.91 Å². The molecule has 3 heterocycles. The molecule has 0 unspecified atom stereocenters. The van der Waals surface area contributed by atoms with Crippen molar-refractivity contribution in [2.24, 2.45) is 0 Å². The van der Waals surface area contributed by atoms with Crippen molar-refractivity contribution in [2.45, 2.75) is 18.8 Å². The molecular weight excluding hydrogens is 445 g/mol. The molecule has 1 saturated heterocycles. The van der Waals surface area contributed by atoms with E-state index in [2.05, 4.69) is 20.6 Å². The molecule has 1 aliphatic rings.